The molecule has 1 unspecified atom stereocenters. The number of nitrogens with two attached hydrogens (primary N) is 1. The van der Waals surface area contributed by atoms with Gasteiger partial charge in [-0.15, -0.1) is 0 Å². The number of benzene rings is 1. The lowest BCUT2D eigenvalue weighted by Crippen LogP contribution is -2.34. The molecule has 156 valence electrons. The second-order valence-electron chi connectivity index (χ2n) is 8.50. The second-order valence-corrected chi connectivity index (χ2v) is 8.50. The number of nitrogens with zero attached hydrogens (tertiary/aromatic N) is 2. The molecule has 29 heavy (non-hydrogen) atoms. The molecule has 1 saturated carbocycles. The van der Waals surface area contributed by atoms with Crippen molar-refractivity contribution >= 4 is 22.6 Å². The number of halogens is 2. The first kappa shape index (κ1) is 20.0. The monoisotopic (exact) mass is 402 g/mol. The Morgan fingerprint density at radius 3 is 2.69 bits per heavy atom. The van der Waals surface area contributed by atoms with Crippen LogP contribution in [0.3, 0.4) is 0 Å². The normalized spacial score (nSPS) is 22.2. The Kier molecular flexibility index (Phi) is 5.42. The number of pyridine rings is 1. The van der Waals surface area contributed by atoms with Gasteiger partial charge in [0.15, 0.2) is 0 Å². The summed E-state index contributed by atoms with van der Waals surface area (Å²) in [5.41, 5.74) is 8.27. The highest BCUT2D eigenvalue weighted by molar-refractivity contribution is 6.07. The number of alkyl halides is 2. The molecule has 4 rings (SSSR count). The molecule has 2 aromatic rings. The van der Waals surface area contributed by atoms with E-state index in [-0.39, 0.29) is 30.7 Å². The number of carbonyl (C=O) groups is 1. The zero-order chi connectivity index (χ0) is 20.6. The number of nitrogens with one attached hydrogen (secondary N) is 1. The van der Waals surface area contributed by atoms with Gasteiger partial charge in [0.1, 0.15) is 5.82 Å². The summed E-state index contributed by atoms with van der Waals surface area (Å²) >= 11 is 0. The van der Waals surface area contributed by atoms with Crippen molar-refractivity contribution in [3.63, 3.8) is 0 Å². The summed E-state index contributed by atoms with van der Waals surface area (Å²) in [7, 11) is 0. The molecule has 2 aliphatic rings. The van der Waals surface area contributed by atoms with E-state index in [1.54, 1.807) is 0 Å². The van der Waals surface area contributed by atoms with Gasteiger partial charge in [-0.2, -0.15) is 0 Å². The third kappa shape index (κ3) is 4.34. The number of amides is 1. The van der Waals surface area contributed by atoms with E-state index in [2.05, 4.69) is 10.2 Å². The SMILES string of the molecule is Cc1ccc2nc(N3CCC(N)C3)ccc2c1C(=O)NCC1CCC(F)(F)CC1. The van der Waals surface area contributed by atoms with Gasteiger partial charge in [0.05, 0.1) is 11.1 Å². The predicted molar refractivity (Wildman–Crippen MR) is 111 cm³/mol. The Morgan fingerprint density at radius 2 is 2.00 bits per heavy atom. The summed E-state index contributed by atoms with van der Waals surface area (Å²) < 4.78 is 26.7. The van der Waals surface area contributed by atoms with E-state index in [1.165, 1.54) is 0 Å². The van der Waals surface area contributed by atoms with E-state index in [0.717, 1.165) is 41.8 Å². The van der Waals surface area contributed by atoms with E-state index >= 15 is 0 Å². The Bertz CT molecular complexity index is 907. The van der Waals surface area contributed by atoms with Crippen LogP contribution in [0.1, 0.15) is 48.0 Å². The van der Waals surface area contributed by atoms with Crippen LogP contribution in [-0.2, 0) is 0 Å². The molecule has 1 saturated heterocycles. The van der Waals surface area contributed by atoms with Crippen LogP contribution in [-0.4, -0.2) is 42.5 Å². The van der Waals surface area contributed by atoms with Crippen LogP contribution in [0.2, 0.25) is 0 Å². The number of rotatable bonds is 4. The first-order valence-electron chi connectivity index (χ1n) is 10.4. The minimum absolute atomic E-state index is 0.0896. The quantitative estimate of drug-likeness (QED) is 0.819. The predicted octanol–water partition coefficient (Wildman–Crippen LogP) is 3.64. The summed E-state index contributed by atoms with van der Waals surface area (Å²) in [6, 6.07) is 7.91. The Morgan fingerprint density at radius 1 is 1.24 bits per heavy atom. The van der Waals surface area contributed by atoms with Gasteiger partial charge in [-0.25, -0.2) is 13.8 Å². The van der Waals surface area contributed by atoms with Crippen LogP contribution in [0.4, 0.5) is 14.6 Å². The lowest BCUT2D eigenvalue weighted by atomic mass is 9.86. The molecule has 1 aliphatic carbocycles. The topological polar surface area (TPSA) is 71.2 Å². The molecule has 1 aromatic carbocycles. The molecule has 0 radical (unpaired) electrons. The van der Waals surface area contributed by atoms with Crippen molar-refractivity contribution in [2.75, 3.05) is 24.5 Å². The Labute approximate surface area is 169 Å². The molecule has 1 aromatic heterocycles. The number of fused-ring (bicyclic) bond motifs is 1. The first-order valence-corrected chi connectivity index (χ1v) is 10.4. The largest absolute Gasteiger partial charge is 0.355 e. The van der Waals surface area contributed by atoms with Gasteiger partial charge >= 0.3 is 0 Å². The van der Waals surface area contributed by atoms with Crippen molar-refractivity contribution in [3.8, 4) is 0 Å². The van der Waals surface area contributed by atoms with Crippen LogP contribution in [0.15, 0.2) is 24.3 Å². The van der Waals surface area contributed by atoms with Gasteiger partial charge in [-0.1, -0.05) is 6.07 Å². The molecule has 0 bridgehead atoms. The third-order valence-corrected chi connectivity index (χ3v) is 6.23. The minimum Gasteiger partial charge on any atom is -0.355 e. The molecule has 2 fully saturated rings. The lowest BCUT2D eigenvalue weighted by molar-refractivity contribution is -0.0452. The highest BCUT2D eigenvalue weighted by Crippen LogP contribution is 2.36. The van der Waals surface area contributed by atoms with Gasteiger partial charge in [-0.05, 0) is 55.9 Å². The van der Waals surface area contributed by atoms with Crippen LogP contribution in [0.25, 0.3) is 10.9 Å². The number of hydrogen-bond acceptors (Lipinski definition) is 4. The molecule has 5 nitrogen and oxygen atoms in total. The molecular weight excluding hydrogens is 374 g/mol. The highest BCUT2D eigenvalue weighted by atomic mass is 19.3. The fourth-order valence-electron chi connectivity index (χ4n) is 4.40. The molecule has 1 atom stereocenters. The smallest absolute Gasteiger partial charge is 0.252 e. The van der Waals surface area contributed by atoms with E-state index in [0.29, 0.717) is 24.9 Å². The van der Waals surface area contributed by atoms with Crippen molar-refractivity contribution in [3.05, 3.63) is 35.4 Å². The van der Waals surface area contributed by atoms with Gasteiger partial charge in [0, 0.05) is 43.9 Å². The fourth-order valence-corrected chi connectivity index (χ4v) is 4.40. The zero-order valence-electron chi connectivity index (χ0n) is 16.8. The van der Waals surface area contributed by atoms with Gasteiger partial charge < -0.3 is 16.0 Å². The van der Waals surface area contributed by atoms with Gasteiger partial charge in [0.25, 0.3) is 5.91 Å². The van der Waals surface area contributed by atoms with Crippen molar-refractivity contribution in [2.24, 2.45) is 11.7 Å². The third-order valence-electron chi connectivity index (χ3n) is 6.23. The highest BCUT2D eigenvalue weighted by Gasteiger charge is 2.35. The molecule has 1 aliphatic heterocycles. The second kappa shape index (κ2) is 7.86. The van der Waals surface area contributed by atoms with Crippen LogP contribution >= 0.6 is 0 Å². The lowest BCUT2D eigenvalue weighted by Gasteiger charge is -2.28. The van der Waals surface area contributed by atoms with Crippen molar-refractivity contribution in [1.82, 2.24) is 10.3 Å². The maximum atomic E-state index is 13.3. The van der Waals surface area contributed by atoms with Gasteiger partial charge in [0.2, 0.25) is 5.92 Å². The van der Waals surface area contributed by atoms with Crippen LogP contribution in [0, 0.1) is 12.8 Å². The average molecular weight is 402 g/mol. The van der Waals surface area contributed by atoms with Crippen LogP contribution in [0.5, 0.6) is 0 Å². The fraction of sp³-hybridized carbons (Fsp3) is 0.545. The Hall–Kier alpha value is -2.28. The van der Waals surface area contributed by atoms with Crippen LogP contribution < -0.4 is 16.0 Å². The van der Waals surface area contributed by atoms with Gasteiger partial charge in [-0.3, -0.25) is 4.79 Å². The van der Waals surface area contributed by atoms with E-state index < -0.39 is 5.92 Å². The van der Waals surface area contributed by atoms with Crippen molar-refractivity contribution in [2.45, 2.75) is 51.0 Å². The maximum absolute atomic E-state index is 13.3. The average Bonchev–Trinajstić information content (AvgIpc) is 3.13. The zero-order valence-corrected chi connectivity index (χ0v) is 16.8. The number of hydrogen-bond donors (Lipinski definition) is 2. The number of carbonyl (C=O) groups excluding carboxylic acids is 1. The summed E-state index contributed by atoms with van der Waals surface area (Å²) in [5, 5.41) is 3.78. The number of anilines is 1. The van der Waals surface area contributed by atoms with Crippen molar-refractivity contribution in [1.29, 1.82) is 0 Å². The number of aromatic nitrogens is 1. The van der Waals surface area contributed by atoms with E-state index in [1.807, 2.05) is 31.2 Å². The molecule has 2 heterocycles. The van der Waals surface area contributed by atoms with Crippen molar-refractivity contribution < 1.29 is 13.6 Å². The molecule has 0 spiro atoms. The Balaban J connectivity index is 1.50. The summed E-state index contributed by atoms with van der Waals surface area (Å²) in [6.45, 7) is 4.02. The minimum atomic E-state index is -2.55. The summed E-state index contributed by atoms with van der Waals surface area (Å²) in [4.78, 5) is 19.8. The summed E-state index contributed by atoms with van der Waals surface area (Å²) in [5.74, 6) is -1.72. The maximum Gasteiger partial charge on any atom is 0.252 e. The molecule has 7 heteroatoms. The molecule has 1 amide bonds. The first-order chi connectivity index (χ1) is 13.8. The molecular formula is C22H28F2N4O. The number of aryl methyl sites for hydroxylation is 1. The van der Waals surface area contributed by atoms with E-state index in [4.69, 9.17) is 10.7 Å². The van der Waals surface area contributed by atoms with E-state index in [9.17, 15) is 13.6 Å². The summed E-state index contributed by atoms with van der Waals surface area (Å²) in [6.07, 6.45) is 1.67. The standard InChI is InChI=1S/C22H28F2N4O/c1-14-2-4-18-17(3-5-19(27-18)28-11-8-16(25)13-28)20(14)21(29)26-12-15-6-9-22(23,24)10-7-15/h2-5,15-16H,6-13,25H2,1H3,(H,26,29). The molecule has 3 N–H and O–H groups in total.